The first-order chi connectivity index (χ1) is 19.6. The van der Waals surface area contributed by atoms with Crippen LogP contribution < -0.4 is 4.74 Å². The summed E-state index contributed by atoms with van der Waals surface area (Å²) in [5.74, 6) is -0.411. The van der Waals surface area contributed by atoms with E-state index in [4.69, 9.17) is 13.8 Å². The Labute approximate surface area is 243 Å². The minimum atomic E-state index is -4.28. The van der Waals surface area contributed by atoms with Crippen molar-refractivity contribution < 1.29 is 33.1 Å². The lowest BCUT2D eigenvalue weighted by Crippen LogP contribution is -2.38. The Kier molecular flexibility index (Phi) is 10.6. The Bertz CT molecular complexity index is 1300. The number of carbonyl (C=O) groups excluding carboxylic acids is 1. The Morgan fingerprint density at radius 1 is 1.12 bits per heavy atom. The maximum Gasteiger partial charge on any atom is 0.472 e. The summed E-state index contributed by atoms with van der Waals surface area (Å²) in [6, 6.07) is 12.8. The van der Waals surface area contributed by atoms with E-state index in [-0.39, 0.29) is 37.0 Å². The fourth-order valence-corrected chi connectivity index (χ4v) is 6.62. The van der Waals surface area contributed by atoms with E-state index in [1.54, 1.807) is 18.2 Å². The number of phosphoric acid groups is 1. The van der Waals surface area contributed by atoms with Crippen LogP contribution >= 0.6 is 7.82 Å². The largest absolute Gasteiger partial charge is 0.507 e. The van der Waals surface area contributed by atoms with Gasteiger partial charge in [-0.05, 0) is 81.5 Å². The van der Waals surface area contributed by atoms with E-state index in [9.17, 15) is 19.4 Å². The first kappa shape index (κ1) is 31.2. The number of benzene rings is 2. The average Bonchev–Trinajstić information content (AvgIpc) is 2.90. The van der Waals surface area contributed by atoms with Gasteiger partial charge in [0.15, 0.2) is 0 Å². The van der Waals surface area contributed by atoms with Crippen molar-refractivity contribution in [2.45, 2.75) is 90.8 Å². The van der Waals surface area contributed by atoms with Gasteiger partial charge in [0.2, 0.25) is 0 Å². The van der Waals surface area contributed by atoms with Gasteiger partial charge in [0.1, 0.15) is 11.5 Å². The number of hydrogen-bond donors (Lipinski definition) is 2. The first-order valence-electron chi connectivity index (χ1n) is 14.7. The third-order valence-corrected chi connectivity index (χ3v) is 9.14. The van der Waals surface area contributed by atoms with Crippen molar-refractivity contribution in [3.63, 3.8) is 0 Å². The Morgan fingerprint density at radius 2 is 1.85 bits per heavy atom. The Morgan fingerprint density at radius 3 is 2.54 bits per heavy atom. The lowest BCUT2D eigenvalue weighted by Gasteiger charge is -2.35. The number of hydrogen-bond acceptors (Lipinski definition) is 6. The highest BCUT2D eigenvalue weighted by Gasteiger charge is 2.41. The molecule has 41 heavy (non-hydrogen) atoms. The molecule has 1 unspecified atom stereocenters. The Balaban J connectivity index is 1.45. The highest BCUT2D eigenvalue weighted by atomic mass is 31.2. The van der Waals surface area contributed by atoms with Crippen molar-refractivity contribution in [2.24, 2.45) is 11.8 Å². The predicted molar refractivity (Wildman–Crippen MR) is 160 cm³/mol. The second-order valence-electron chi connectivity index (χ2n) is 11.6. The molecular formula is C33H43O7P. The number of aryl methyl sites for hydroxylation is 1. The summed E-state index contributed by atoms with van der Waals surface area (Å²) >= 11 is 0. The van der Waals surface area contributed by atoms with Gasteiger partial charge in [0.05, 0.1) is 18.6 Å². The minimum absolute atomic E-state index is 0.0477. The number of carbonyl (C=O) groups is 1. The molecule has 7 nitrogen and oxygen atoms in total. The average molecular weight is 583 g/mol. The molecule has 0 aromatic heterocycles. The summed E-state index contributed by atoms with van der Waals surface area (Å²) in [5, 5.41) is 11.2. The van der Waals surface area contributed by atoms with Crippen LogP contribution in [-0.2, 0) is 31.4 Å². The van der Waals surface area contributed by atoms with Crippen molar-refractivity contribution >= 4 is 13.8 Å². The summed E-state index contributed by atoms with van der Waals surface area (Å²) in [6.45, 7) is 10.4. The van der Waals surface area contributed by atoms with E-state index in [1.807, 2.05) is 31.2 Å². The molecule has 2 aromatic rings. The van der Waals surface area contributed by atoms with Crippen molar-refractivity contribution in [3.8, 4) is 11.5 Å². The van der Waals surface area contributed by atoms with Crippen LogP contribution in [0.1, 0.15) is 88.3 Å². The van der Waals surface area contributed by atoms with E-state index in [2.05, 4.69) is 26.5 Å². The zero-order valence-corrected chi connectivity index (χ0v) is 25.3. The zero-order chi connectivity index (χ0) is 29.6. The lowest BCUT2D eigenvalue weighted by molar-refractivity contribution is -0.145. The molecule has 2 aliphatic rings. The molecule has 1 fully saturated rings. The standard InChI is InChI=1S/C33H43O7P/c1-5-6-8-13-25-17-30(34)32(29-16-23(4)14-15-28(29)22(2)3)31(18-25)39-33(35)26-19-27(20-26)40-41(36,37)38-21-24-11-9-7-10-12-24/h7,9-12,16-18,26-29,34H,2,5-6,8,13-15,19-21H2,1,3-4H3,(H,36,37)/t26?,27?,28-,29+/m0/s1. The second kappa shape index (κ2) is 14.0. The topological polar surface area (TPSA) is 102 Å². The zero-order valence-electron chi connectivity index (χ0n) is 24.4. The van der Waals surface area contributed by atoms with Gasteiger partial charge in [-0.25, -0.2) is 4.57 Å². The van der Waals surface area contributed by atoms with Crippen LogP contribution in [0.2, 0.25) is 0 Å². The van der Waals surface area contributed by atoms with Crippen LogP contribution in [0.5, 0.6) is 11.5 Å². The van der Waals surface area contributed by atoms with Crippen LogP contribution in [0.15, 0.2) is 66.3 Å². The minimum Gasteiger partial charge on any atom is -0.507 e. The Hall–Kier alpha value is -2.70. The number of esters is 1. The molecule has 2 N–H and O–H groups in total. The number of aromatic hydroxyl groups is 1. The maximum atomic E-state index is 13.3. The molecule has 0 bridgehead atoms. The monoisotopic (exact) mass is 582 g/mol. The van der Waals surface area contributed by atoms with Crippen LogP contribution in [0.3, 0.4) is 0 Å². The SMILES string of the molecule is C=C(C)[C@@H]1CCC(C)=C[C@H]1c1c(O)cc(CCCCC)cc1OC(=O)C1CC(OP(=O)(O)OCc2ccccc2)C1. The molecule has 8 heteroatoms. The van der Waals surface area contributed by atoms with Crippen molar-refractivity contribution in [1.82, 2.24) is 0 Å². The highest BCUT2D eigenvalue weighted by molar-refractivity contribution is 7.47. The molecule has 0 spiro atoms. The summed E-state index contributed by atoms with van der Waals surface area (Å²) < 4.78 is 28.9. The summed E-state index contributed by atoms with van der Waals surface area (Å²) in [4.78, 5) is 23.4. The number of phosphoric ester groups is 1. The van der Waals surface area contributed by atoms with Crippen LogP contribution in [0, 0.1) is 11.8 Å². The number of rotatable bonds is 13. The van der Waals surface area contributed by atoms with Gasteiger partial charge >= 0.3 is 13.8 Å². The smallest absolute Gasteiger partial charge is 0.472 e. The number of unbranched alkanes of at least 4 members (excludes halogenated alkanes) is 2. The summed E-state index contributed by atoms with van der Waals surface area (Å²) in [7, 11) is -4.28. The van der Waals surface area contributed by atoms with E-state index in [0.29, 0.717) is 11.3 Å². The van der Waals surface area contributed by atoms with E-state index in [0.717, 1.165) is 55.2 Å². The summed E-state index contributed by atoms with van der Waals surface area (Å²) in [5.41, 5.74) is 4.57. The molecule has 0 saturated heterocycles. The van der Waals surface area contributed by atoms with Gasteiger partial charge in [0, 0.05) is 11.5 Å². The van der Waals surface area contributed by atoms with Crippen LogP contribution in [0.4, 0.5) is 0 Å². The molecule has 2 aromatic carbocycles. The molecule has 0 radical (unpaired) electrons. The molecule has 222 valence electrons. The molecule has 4 rings (SSSR count). The normalized spacial score (nSPS) is 23.7. The fourth-order valence-electron chi connectivity index (χ4n) is 5.70. The molecular weight excluding hydrogens is 539 g/mol. The van der Waals surface area contributed by atoms with E-state index in [1.165, 1.54) is 5.57 Å². The van der Waals surface area contributed by atoms with Crippen molar-refractivity contribution in [3.05, 3.63) is 83.0 Å². The van der Waals surface area contributed by atoms with Crippen LogP contribution in [0.25, 0.3) is 0 Å². The van der Waals surface area contributed by atoms with Crippen LogP contribution in [-0.4, -0.2) is 22.1 Å². The van der Waals surface area contributed by atoms with E-state index < -0.39 is 25.8 Å². The third kappa shape index (κ3) is 8.42. The van der Waals surface area contributed by atoms with Gasteiger partial charge in [-0.15, -0.1) is 0 Å². The van der Waals surface area contributed by atoms with Gasteiger partial charge in [0.25, 0.3) is 0 Å². The van der Waals surface area contributed by atoms with Crippen molar-refractivity contribution in [2.75, 3.05) is 0 Å². The highest BCUT2D eigenvalue weighted by Crippen LogP contribution is 2.51. The number of phenols is 1. The molecule has 0 amide bonds. The maximum absolute atomic E-state index is 13.3. The number of phenolic OH excluding ortho intramolecular Hbond substituents is 1. The van der Waals surface area contributed by atoms with Gasteiger partial charge in [-0.1, -0.05) is 73.9 Å². The summed E-state index contributed by atoms with van der Waals surface area (Å²) in [6.07, 6.45) is 7.90. The number of ether oxygens (including phenoxy) is 1. The van der Waals surface area contributed by atoms with Crippen molar-refractivity contribution in [1.29, 1.82) is 0 Å². The predicted octanol–water partition coefficient (Wildman–Crippen LogP) is 8.16. The third-order valence-electron chi connectivity index (χ3n) is 8.12. The second-order valence-corrected chi connectivity index (χ2v) is 13.0. The molecule has 0 heterocycles. The van der Waals surface area contributed by atoms with Gasteiger partial charge < -0.3 is 14.7 Å². The molecule has 0 aliphatic heterocycles. The first-order valence-corrected chi connectivity index (χ1v) is 16.2. The fraction of sp³-hybridized carbons (Fsp3) is 0.485. The van der Waals surface area contributed by atoms with Gasteiger partial charge in [-0.2, -0.15) is 0 Å². The quantitative estimate of drug-likeness (QED) is 0.0808. The molecule has 3 atom stereocenters. The molecule has 1 saturated carbocycles. The van der Waals surface area contributed by atoms with Gasteiger partial charge in [-0.3, -0.25) is 13.8 Å². The number of allylic oxidation sites excluding steroid dienone is 3. The molecule has 2 aliphatic carbocycles. The lowest BCUT2D eigenvalue weighted by atomic mass is 9.73. The van der Waals surface area contributed by atoms with E-state index >= 15 is 0 Å².